The average Bonchev–Trinajstić information content (AvgIpc) is 2.81. The van der Waals surface area contributed by atoms with Crippen molar-refractivity contribution in [2.75, 3.05) is 32.8 Å². The molecule has 2 aromatic carbocycles. The standard InChI is InChI=1S/C23H21IN2O7/c1-4-32-19-11-14(10-18(24)21(19)33-13-20(27)30-2)9-16(12-25)22(28)26-17-7-5-15(6-8-17)23(29)31-3/h5-11H,4,13H2,1-3H3,(H,26,28)/b16-9+. The van der Waals surface area contributed by atoms with Crippen LogP contribution in [0.2, 0.25) is 0 Å². The lowest BCUT2D eigenvalue weighted by Crippen LogP contribution is -2.14. The van der Waals surface area contributed by atoms with Crippen LogP contribution in [0.25, 0.3) is 6.08 Å². The number of hydrogen-bond acceptors (Lipinski definition) is 8. The first-order valence-corrected chi connectivity index (χ1v) is 10.7. The topological polar surface area (TPSA) is 124 Å². The Balaban J connectivity index is 2.26. The fourth-order valence-electron chi connectivity index (χ4n) is 2.59. The Labute approximate surface area is 204 Å². The molecule has 10 heteroatoms. The van der Waals surface area contributed by atoms with Gasteiger partial charge in [0.05, 0.1) is 30.0 Å². The van der Waals surface area contributed by atoms with Gasteiger partial charge in [0.2, 0.25) is 0 Å². The number of nitrogens with zero attached hydrogens (tertiary/aromatic N) is 1. The van der Waals surface area contributed by atoms with Crippen molar-refractivity contribution in [3.05, 3.63) is 56.7 Å². The molecule has 2 aromatic rings. The number of nitriles is 1. The summed E-state index contributed by atoms with van der Waals surface area (Å²) in [7, 11) is 2.54. The van der Waals surface area contributed by atoms with E-state index in [9.17, 15) is 19.6 Å². The normalized spacial score (nSPS) is 10.6. The molecular weight excluding hydrogens is 543 g/mol. The summed E-state index contributed by atoms with van der Waals surface area (Å²) < 4.78 is 21.0. The lowest BCUT2D eigenvalue weighted by atomic mass is 10.1. The molecule has 0 saturated heterocycles. The molecule has 0 fully saturated rings. The number of nitrogens with one attached hydrogen (secondary N) is 1. The number of carbonyl (C=O) groups excluding carboxylic acids is 3. The van der Waals surface area contributed by atoms with Crippen molar-refractivity contribution >= 4 is 52.2 Å². The van der Waals surface area contributed by atoms with E-state index in [4.69, 9.17) is 9.47 Å². The van der Waals surface area contributed by atoms with Crippen molar-refractivity contribution in [1.82, 2.24) is 0 Å². The van der Waals surface area contributed by atoms with E-state index in [2.05, 4.69) is 14.8 Å². The Kier molecular flexibility index (Phi) is 9.68. The molecule has 0 heterocycles. The van der Waals surface area contributed by atoms with Gasteiger partial charge in [0.25, 0.3) is 5.91 Å². The predicted molar refractivity (Wildman–Crippen MR) is 128 cm³/mol. The van der Waals surface area contributed by atoms with Crippen LogP contribution < -0.4 is 14.8 Å². The molecule has 0 bridgehead atoms. The number of amides is 1. The van der Waals surface area contributed by atoms with Crippen LogP contribution in [-0.4, -0.2) is 45.3 Å². The van der Waals surface area contributed by atoms with E-state index in [0.29, 0.717) is 38.5 Å². The van der Waals surface area contributed by atoms with Gasteiger partial charge in [0.15, 0.2) is 18.1 Å². The highest BCUT2D eigenvalue weighted by Crippen LogP contribution is 2.35. The van der Waals surface area contributed by atoms with Crippen LogP contribution >= 0.6 is 22.6 Å². The van der Waals surface area contributed by atoms with Crippen molar-refractivity contribution in [2.24, 2.45) is 0 Å². The van der Waals surface area contributed by atoms with Crippen molar-refractivity contribution in [3.8, 4) is 17.6 Å². The van der Waals surface area contributed by atoms with E-state index in [1.54, 1.807) is 19.1 Å². The molecule has 33 heavy (non-hydrogen) atoms. The molecule has 0 aliphatic heterocycles. The SMILES string of the molecule is CCOc1cc(/C=C(\C#N)C(=O)Nc2ccc(C(=O)OC)cc2)cc(I)c1OCC(=O)OC. The molecule has 1 N–H and O–H groups in total. The molecule has 0 radical (unpaired) electrons. The number of ether oxygens (including phenoxy) is 4. The third-order valence-corrected chi connectivity index (χ3v) is 4.93. The van der Waals surface area contributed by atoms with Gasteiger partial charge in [-0.05, 0) is 77.6 Å². The number of halogens is 1. The number of anilines is 1. The minimum absolute atomic E-state index is 0.145. The summed E-state index contributed by atoms with van der Waals surface area (Å²) in [6.07, 6.45) is 1.41. The Morgan fingerprint density at radius 2 is 1.79 bits per heavy atom. The Morgan fingerprint density at radius 3 is 2.36 bits per heavy atom. The van der Waals surface area contributed by atoms with Gasteiger partial charge in [0.1, 0.15) is 11.6 Å². The highest BCUT2D eigenvalue weighted by atomic mass is 127. The second-order valence-electron chi connectivity index (χ2n) is 6.32. The van der Waals surface area contributed by atoms with Crippen LogP contribution in [0, 0.1) is 14.9 Å². The number of esters is 2. The largest absolute Gasteiger partial charge is 0.490 e. The van der Waals surface area contributed by atoms with Crippen LogP contribution in [0.3, 0.4) is 0 Å². The number of rotatable bonds is 9. The first-order chi connectivity index (χ1) is 15.8. The maximum atomic E-state index is 12.6. The third-order valence-electron chi connectivity index (χ3n) is 4.13. The number of methoxy groups -OCH3 is 2. The molecule has 172 valence electrons. The number of benzene rings is 2. The molecule has 1 amide bonds. The Hall–Kier alpha value is -3.59. The minimum atomic E-state index is -0.623. The molecule has 0 unspecified atom stereocenters. The van der Waals surface area contributed by atoms with Gasteiger partial charge in [0, 0.05) is 5.69 Å². The van der Waals surface area contributed by atoms with E-state index in [1.807, 2.05) is 28.7 Å². The highest BCUT2D eigenvalue weighted by Gasteiger charge is 2.16. The molecule has 0 saturated carbocycles. The van der Waals surface area contributed by atoms with Crippen molar-refractivity contribution < 1.29 is 33.3 Å². The van der Waals surface area contributed by atoms with E-state index in [1.165, 1.54) is 44.6 Å². The Bertz CT molecular complexity index is 1110. The smallest absolute Gasteiger partial charge is 0.343 e. The fraction of sp³-hybridized carbons (Fsp3) is 0.217. The number of hydrogen-bond donors (Lipinski definition) is 1. The molecule has 9 nitrogen and oxygen atoms in total. The zero-order valence-electron chi connectivity index (χ0n) is 18.1. The second kappa shape index (κ2) is 12.4. The third kappa shape index (κ3) is 7.21. The molecule has 0 atom stereocenters. The molecule has 0 spiro atoms. The van der Waals surface area contributed by atoms with Crippen LogP contribution in [0.1, 0.15) is 22.8 Å². The zero-order chi connectivity index (χ0) is 24.4. The van der Waals surface area contributed by atoms with Gasteiger partial charge >= 0.3 is 11.9 Å². The lowest BCUT2D eigenvalue weighted by molar-refractivity contribution is -0.143. The van der Waals surface area contributed by atoms with E-state index < -0.39 is 17.8 Å². The van der Waals surface area contributed by atoms with E-state index in [0.717, 1.165) is 0 Å². The predicted octanol–water partition coefficient (Wildman–Crippen LogP) is 3.57. The second-order valence-corrected chi connectivity index (χ2v) is 7.48. The van der Waals surface area contributed by atoms with Gasteiger partial charge < -0.3 is 24.3 Å². The van der Waals surface area contributed by atoms with E-state index >= 15 is 0 Å². The Morgan fingerprint density at radius 1 is 1.09 bits per heavy atom. The van der Waals surface area contributed by atoms with E-state index in [-0.39, 0.29) is 12.2 Å². The first kappa shape index (κ1) is 25.7. The molecule has 0 aliphatic rings. The molecule has 2 rings (SSSR count). The quantitative estimate of drug-likeness (QED) is 0.212. The van der Waals surface area contributed by atoms with Gasteiger partial charge in [-0.15, -0.1) is 0 Å². The average molecular weight is 564 g/mol. The summed E-state index contributed by atoms with van der Waals surface area (Å²) >= 11 is 2.01. The van der Waals surface area contributed by atoms with Crippen LogP contribution in [0.4, 0.5) is 5.69 Å². The lowest BCUT2D eigenvalue weighted by Gasteiger charge is -2.14. The van der Waals surface area contributed by atoms with Gasteiger partial charge in [-0.1, -0.05) is 0 Å². The molecule has 0 aliphatic carbocycles. The van der Waals surface area contributed by atoms with Gasteiger partial charge in [-0.2, -0.15) is 5.26 Å². The maximum absolute atomic E-state index is 12.6. The van der Waals surface area contributed by atoms with Crippen LogP contribution in [-0.2, 0) is 19.1 Å². The summed E-state index contributed by atoms with van der Waals surface area (Å²) in [5.41, 5.74) is 1.12. The molecular formula is C23H21IN2O7. The minimum Gasteiger partial charge on any atom is -0.490 e. The van der Waals surface area contributed by atoms with Crippen molar-refractivity contribution in [1.29, 1.82) is 5.26 Å². The molecule has 0 aromatic heterocycles. The summed E-state index contributed by atoms with van der Waals surface area (Å²) in [6.45, 7) is 1.84. The fourth-order valence-corrected chi connectivity index (χ4v) is 3.37. The summed E-state index contributed by atoms with van der Waals surface area (Å²) in [6, 6.07) is 11.2. The van der Waals surface area contributed by atoms with Gasteiger partial charge in [-0.3, -0.25) is 4.79 Å². The summed E-state index contributed by atoms with van der Waals surface area (Å²) in [5, 5.41) is 12.1. The van der Waals surface area contributed by atoms with Crippen LogP contribution in [0.15, 0.2) is 42.0 Å². The first-order valence-electron chi connectivity index (χ1n) is 9.60. The summed E-state index contributed by atoms with van der Waals surface area (Å²) in [5.74, 6) is -0.948. The zero-order valence-corrected chi connectivity index (χ0v) is 20.3. The maximum Gasteiger partial charge on any atom is 0.343 e. The number of carbonyl (C=O) groups is 3. The van der Waals surface area contributed by atoms with Crippen molar-refractivity contribution in [2.45, 2.75) is 6.92 Å². The van der Waals surface area contributed by atoms with Crippen molar-refractivity contribution in [3.63, 3.8) is 0 Å². The monoisotopic (exact) mass is 564 g/mol. The van der Waals surface area contributed by atoms with Crippen LogP contribution in [0.5, 0.6) is 11.5 Å². The summed E-state index contributed by atoms with van der Waals surface area (Å²) in [4.78, 5) is 35.5. The van der Waals surface area contributed by atoms with Gasteiger partial charge in [-0.25, -0.2) is 9.59 Å². The highest BCUT2D eigenvalue weighted by molar-refractivity contribution is 14.1.